The predicted octanol–water partition coefficient (Wildman–Crippen LogP) is 3.25. The monoisotopic (exact) mass is 451 g/mol. The van der Waals surface area contributed by atoms with Crippen molar-refractivity contribution >= 4 is 27.8 Å². The van der Waals surface area contributed by atoms with Gasteiger partial charge < -0.3 is 15.2 Å². The molecule has 0 aromatic heterocycles. The fraction of sp³-hybridized carbons (Fsp3) is 0.333. The van der Waals surface area contributed by atoms with E-state index in [2.05, 4.69) is 21.2 Å². The molecular weight excluding hydrogens is 429 g/mol. The number of carbonyl (C=O) groups excluding carboxylic acids is 2. The smallest absolute Gasteiger partial charge is 0.310 e. The van der Waals surface area contributed by atoms with Gasteiger partial charge in [-0.3, -0.25) is 9.59 Å². The van der Waals surface area contributed by atoms with Gasteiger partial charge in [0.25, 0.3) is 5.91 Å². The molecule has 28 heavy (non-hydrogen) atoms. The summed E-state index contributed by atoms with van der Waals surface area (Å²) < 4.78 is 18.4. The Balaban J connectivity index is 2.10. The van der Waals surface area contributed by atoms with Crippen LogP contribution in [0.25, 0.3) is 0 Å². The lowest BCUT2D eigenvalue weighted by molar-refractivity contribution is -0.146. The van der Waals surface area contributed by atoms with E-state index in [-0.39, 0.29) is 16.6 Å². The number of methoxy groups -OCH3 is 1. The lowest BCUT2D eigenvalue weighted by atomic mass is 9.94. The Labute approximate surface area is 172 Å². The van der Waals surface area contributed by atoms with Gasteiger partial charge in [-0.15, -0.1) is 0 Å². The number of aliphatic hydroxyl groups is 1. The molecule has 7 heteroatoms. The van der Waals surface area contributed by atoms with E-state index >= 15 is 0 Å². The number of amides is 1. The average Bonchev–Trinajstić information content (AvgIpc) is 2.67. The zero-order valence-corrected chi connectivity index (χ0v) is 17.5. The Morgan fingerprint density at radius 2 is 1.89 bits per heavy atom. The van der Waals surface area contributed by atoms with Crippen LogP contribution in [0.15, 0.2) is 46.9 Å². The lowest BCUT2D eigenvalue weighted by Crippen LogP contribution is -2.45. The van der Waals surface area contributed by atoms with Gasteiger partial charge in [0, 0.05) is 6.54 Å². The number of benzene rings is 2. The van der Waals surface area contributed by atoms with E-state index in [1.165, 1.54) is 26.2 Å². The van der Waals surface area contributed by atoms with E-state index in [0.29, 0.717) is 6.42 Å². The maximum absolute atomic E-state index is 13.4. The summed E-state index contributed by atoms with van der Waals surface area (Å²) in [5, 5.41) is 13.2. The minimum absolute atomic E-state index is 0.00209. The van der Waals surface area contributed by atoms with E-state index in [0.717, 1.165) is 17.2 Å². The van der Waals surface area contributed by atoms with Gasteiger partial charge in [0.05, 0.1) is 17.5 Å². The Morgan fingerprint density at radius 1 is 1.25 bits per heavy atom. The third kappa shape index (κ3) is 5.39. The first kappa shape index (κ1) is 22.0. The first-order valence-electron chi connectivity index (χ1n) is 8.74. The van der Waals surface area contributed by atoms with Gasteiger partial charge >= 0.3 is 5.97 Å². The van der Waals surface area contributed by atoms with E-state index in [4.69, 9.17) is 4.74 Å². The molecule has 2 aromatic carbocycles. The van der Waals surface area contributed by atoms with Crippen molar-refractivity contribution in [2.75, 3.05) is 13.7 Å². The average molecular weight is 452 g/mol. The molecule has 0 fully saturated rings. The van der Waals surface area contributed by atoms with Crippen molar-refractivity contribution in [3.8, 4) is 0 Å². The number of aryl methyl sites for hydroxylation is 1. The van der Waals surface area contributed by atoms with Crippen molar-refractivity contribution < 1.29 is 23.8 Å². The molecule has 2 rings (SSSR count). The Bertz CT molecular complexity index is 852. The first-order valence-corrected chi connectivity index (χ1v) is 9.54. The molecule has 2 aromatic rings. The third-order valence-electron chi connectivity index (χ3n) is 4.57. The van der Waals surface area contributed by atoms with E-state index in [1.807, 2.05) is 31.2 Å². The van der Waals surface area contributed by atoms with Gasteiger partial charge in [-0.1, -0.05) is 35.9 Å². The number of ether oxygens (including phenoxy) is 1. The van der Waals surface area contributed by atoms with Crippen molar-refractivity contribution in [2.45, 2.75) is 25.9 Å². The SMILES string of the molecule is COC(=O)C(CNC(=O)C(C)(O)c1ccc(F)c(Br)c1)Cc1ccc(C)cc1. The maximum atomic E-state index is 13.4. The molecule has 2 atom stereocenters. The molecule has 5 nitrogen and oxygen atoms in total. The Kier molecular flexibility index (Phi) is 7.32. The molecule has 2 unspecified atom stereocenters. The van der Waals surface area contributed by atoms with Crippen LogP contribution < -0.4 is 5.32 Å². The number of carbonyl (C=O) groups is 2. The topological polar surface area (TPSA) is 75.6 Å². The zero-order chi connectivity index (χ0) is 20.9. The Morgan fingerprint density at radius 3 is 2.46 bits per heavy atom. The molecule has 0 saturated carbocycles. The van der Waals surface area contributed by atoms with Crippen LogP contribution in [0.2, 0.25) is 0 Å². The minimum Gasteiger partial charge on any atom is -0.469 e. The summed E-state index contributed by atoms with van der Waals surface area (Å²) in [7, 11) is 1.29. The first-order chi connectivity index (χ1) is 13.1. The van der Waals surface area contributed by atoms with Crippen LogP contribution in [0, 0.1) is 18.7 Å². The number of rotatable bonds is 7. The van der Waals surface area contributed by atoms with Crippen molar-refractivity contribution in [3.63, 3.8) is 0 Å². The van der Waals surface area contributed by atoms with E-state index in [9.17, 15) is 19.1 Å². The van der Waals surface area contributed by atoms with Crippen LogP contribution in [0.1, 0.15) is 23.6 Å². The van der Waals surface area contributed by atoms with Crippen LogP contribution >= 0.6 is 15.9 Å². The molecule has 0 radical (unpaired) electrons. The van der Waals surface area contributed by atoms with Crippen molar-refractivity contribution in [1.82, 2.24) is 5.32 Å². The number of hydrogen-bond donors (Lipinski definition) is 2. The normalized spacial score (nSPS) is 14.1. The second-order valence-electron chi connectivity index (χ2n) is 6.82. The largest absolute Gasteiger partial charge is 0.469 e. The summed E-state index contributed by atoms with van der Waals surface area (Å²) in [6.45, 7) is 3.28. The highest BCUT2D eigenvalue weighted by Gasteiger charge is 2.34. The van der Waals surface area contributed by atoms with Crippen LogP contribution in [0.5, 0.6) is 0 Å². The van der Waals surface area contributed by atoms with Crippen LogP contribution in [0.3, 0.4) is 0 Å². The van der Waals surface area contributed by atoms with Gasteiger partial charge in [-0.05, 0) is 59.5 Å². The van der Waals surface area contributed by atoms with Crippen molar-refractivity contribution in [2.24, 2.45) is 5.92 Å². The predicted molar refractivity (Wildman–Crippen MR) is 107 cm³/mol. The minimum atomic E-state index is -1.89. The standard InChI is InChI=1S/C21H23BrFNO4/c1-13-4-6-14(7-5-13)10-15(19(25)28-3)12-24-20(26)21(2,27)16-8-9-18(23)17(22)11-16/h4-9,11,15,27H,10,12H2,1-3H3,(H,24,26). The van der Waals surface area contributed by atoms with Crippen molar-refractivity contribution in [3.05, 3.63) is 69.4 Å². The van der Waals surface area contributed by atoms with Crippen LogP contribution in [0.4, 0.5) is 4.39 Å². The summed E-state index contributed by atoms with van der Waals surface area (Å²) in [5.41, 5.74) is 0.380. The highest BCUT2D eigenvalue weighted by molar-refractivity contribution is 9.10. The van der Waals surface area contributed by atoms with E-state index in [1.54, 1.807) is 0 Å². The van der Waals surface area contributed by atoms with Crippen LogP contribution in [-0.4, -0.2) is 30.6 Å². The van der Waals surface area contributed by atoms with Gasteiger partial charge in [-0.25, -0.2) is 4.39 Å². The molecule has 0 heterocycles. The highest BCUT2D eigenvalue weighted by Crippen LogP contribution is 2.26. The number of esters is 1. The molecule has 2 N–H and O–H groups in total. The summed E-state index contributed by atoms with van der Waals surface area (Å²) >= 11 is 3.04. The zero-order valence-electron chi connectivity index (χ0n) is 16.0. The quantitative estimate of drug-likeness (QED) is 0.633. The molecule has 0 aliphatic heterocycles. The summed E-state index contributed by atoms with van der Waals surface area (Å²) in [4.78, 5) is 24.7. The van der Waals surface area contributed by atoms with Gasteiger partial charge in [0.1, 0.15) is 5.82 Å². The molecule has 0 aliphatic carbocycles. The molecule has 150 valence electrons. The molecule has 0 saturated heterocycles. The molecule has 0 spiro atoms. The number of hydrogen-bond acceptors (Lipinski definition) is 4. The summed E-state index contributed by atoms with van der Waals surface area (Å²) in [5.74, 6) is -2.25. The van der Waals surface area contributed by atoms with Gasteiger partial charge in [-0.2, -0.15) is 0 Å². The maximum Gasteiger partial charge on any atom is 0.310 e. The summed E-state index contributed by atoms with van der Waals surface area (Å²) in [6, 6.07) is 11.6. The fourth-order valence-corrected chi connectivity index (χ4v) is 3.11. The second kappa shape index (κ2) is 9.30. The van der Waals surface area contributed by atoms with Gasteiger partial charge in [0.2, 0.25) is 0 Å². The van der Waals surface area contributed by atoms with E-state index < -0.39 is 29.2 Å². The summed E-state index contributed by atoms with van der Waals surface area (Å²) in [6.07, 6.45) is 0.386. The number of nitrogens with one attached hydrogen (secondary N) is 1. The lowest BCUT2D eigenvalue weighted by Gasteiger charge is -2.24. The second-order valence-corrected chi connectivity index (χ2v) is 7.68. The molecule has 1 amide bonds. The Hall–Kier alpha value is -2.25. The fourth-order valence-electron chi connectivity index (χ4n) is 2.73. The molecule has 0 aliphatic rings. The van der Waals surface area contributed by atoms with Crippen molar-refractivity contribution in [1.29, 1.82) is 0 Å². The highest BCUT2D eigenvalue weighted by atomic mass is 79.9. The third-order valence-corrected chi connectivity index (χ3v) is 5.18. The van der Waals surface area contributed by atoms with Gasteiger partial charge in [0.15, 0.2) is 5.60 Å². The number of halogens is 2. The van der Waals surface area contributed by atoms with Crippen LogP contribution in [-0.2, 0) is 26.3 Å². The molecular formula is C21H23BrFNO4. The molecule has 0 bridgehead atoms.